The van der Waals surface area contributed by atoms with Gasteiger partial charge in [0.2, 0.25) is 0 Å². The van der Waals surface area contributed by atoms with Crippen LogP contribution in [0.5, 0.6) is 0 Å². The lowest BCUT2D eigenvalue weighted by Crippen LogP contribution is -2.51. The van der Waals surface area contributed by atoms with Crippen molar-refractivity contribution in [3.63, 3.8) is 0 Å². The van der Waals surface area contributed by atoms with E-state index in [1.807, 2.05) is 91.0 Å². The molecule has 3 aromatic rings. The molecular formula is C27H23NO3. The van der Waals surface area contributed by atoms with Crippen molar-refractivity contribution in [1.29, 1.82) is 5.26 Å². The lowest BCUT2D eigenvalue weighted by atomic mass is 9.51. The Kier molecular flexibility index (Phi) is 5.68. The third-order valence-electron chi connectivity index (χ3n) is 6.38. The molecule has 1 aliphatic carbocycles. The zero-order valence-corrected chi connectivity index (χ0v) is 17.3. The fourth-order valence-corrected chi connectivity index (χ4v) is 5.04. The molecule has 0 radical (unpaired) electrons. The van der Waals surface area contributed by atoms with Crippen molar-refractivity contribution in [1.82, 2.24) is 0 Å². The highest BCUT2D eigenvalue weighted by molar-refractivity contribution is 6.02. The summed E-state index contributed by atoms with van der Waals surface area (Å²) >= 11 is 0. The fourth-order valence-electron chi connectivity index (χ4n) is 5.04. The summed E-state index contributed by atoms with van der Waals surface area (Å²) in [7, 11) is 1.29. The van der Waals surface area contributed by atoms with E-state index in [2.05, 4.69) is 6.07 Å². The van der Waals surface area contributed by atoms with Crippen LogP contribution in [0.25, 0.3) is 0 Å². The molecule has 4 rings (SSSR count). The first-order chi connectivity index (χ1) is 15.1. The number of carbonyl (C=O) groups is 2. The van der Waals surface area contributed by atoms with Crippen molar-refractivity contribution in [2.75, 3.05) is 7.11 Å². The molecule has 0 saturated heterocycles. The van der Waals surface area contributed by atoms with E-state index >= 15 is 0 Å². The second-order valence-corrected chi connectivity index (χ2v) is 7.87. The number of hydrogen-bond donors (Lipinski definition) is 0. The van der Waals surface area contributed by atoms with Crippen LogP contribution in [0.3, 0.4) is 0 Å². The van der Waals surface area contributed by atoms with Crippen molar-refractivity contribution in [2.45, 2.75) is 23.7 Å². The van der Waals surface area contributed by atoms with Gasteiger partial charge in [-0.2, -0.15) is 5.26 Å². The maximum Gasteiger partial charge on any atom is 0.316 e. The molecule has 0 N–H and O–H groups in total. The van der Waals surface area contributed by atoms with Gasteiger partial charge in [-0.1, -0.05) is 91.0 Å². The molecule has 0 heterocycles. The number of nitrogens with zero attached hydrogens (tertiary/aromatic N) is 1. The van der Waals surface area contributed by atoms with Gasteiger partial charge < -0.3 is 4.74 Å². The second-order valence-electron chi connectivity index (χ2n) is 7.87. The summed E-state index contributed by atoms with van der Waals surface area (Å²) in [6, 6.07) is 31.1. The number of hydrogen-bond acceptors (Lipinski definition) is 4. The van der Waals surface area contributed by atoms with Crippen LogP contribution in [-0.4, -0.2) is 18.9 Å². The monoisotopic (exact) mass is 409 g/mol. The Bertz CT molecular complexity index is 1110. The van der Waals surface area contributed by atoms with Gasteiger partial charge in [0.1, 0.15) is 11.7 Å². The Morgan fingerprint density at radius 2 is 1.42 bits per heavy atom. The number of ether oxygens (including phenoxy) is 1. The first-order valence-corrected chi connectivity index (χ1v) is 10.3. The summed E-state index contributed by atoms with van der Waals surface area (Å²) in [5.41, 5.74) is 1.35. The first-order valence-electron chi connectivity index (χ1n) is 10.3. The molecule has 0 aromatic heterocycles. The number of rotatable bonds is 4. The molecule has 1 fully saturated rings. The van der Waals surface area contributed by atoms with Crippen molar-refractivity contribution in [3.8, 4) is 6.07 Å². The van der Waals surface area contributed by atoms with Gasteiger partial charge in [-0.3, -0.25) is 9.59 Å². The molecule has 1 aliphatic rings. The average Bonchev–Trinajstić information content (AvgIpc) is 2.84. The normalized spacial score (nSPS) is 25.4. The molecule has 154 valence electrons. The predicted octanol–water partition coefficient (Wildman–Crippen LogP) is 4.78. The Balaban J connectivity index is 2.05. The minimum atomic E-state index is -1.13. The van der Waals surface area contributed by atoms with E-state index < -0.39 is 29.1 Å². The minimum absolute atomic E-state index is 0.0928. The molecule has 3 aromatic carbocycles. The quantitative estimate of drug-likeness (QED) is 0.459. The molecule has 4 heteroatoms. The van der Waals surface area contributed by atoms with Crippen LogP contribution in [0.1, 0.15) is 34.9 Å². The number of ketones is 1. The summed E-state index contributed by atoms with van der Waals surface area (Å²) in [5.74, 6) is -2.93. The average molecular weight is 409 g/mol. The number of Topliss-reactive ketones (excluding diaryl/α,β-unsaturated/α-hetero) is 1. The lowest BCUT2D eigenvalue weighted by molar-refractivity contribution is -0.153. The number of nitriles is 1. The Labute approximate surface area is 182 Å². The standard InChI is InChI=1S/C27H23NO3/c1-31-26(30)24-23(29)17-22(19-11-5-2-6-12-19)27(18-28,21-15-9-4-10-16-21)25(24)20-13-7-3-8-14-20/h2-16,22,24-25H,17H2,1H3/t22-,24+,25-,27-/m1/s1. The highest BCUT2D eigenvalue weighted by Crippen LogP contribution is 2.57. The summed E-state index contributed by atoms with van der Waals surface area (Å²) in [4.78, 5) is 26.3. The van der Waals surface area contributed by atoms with Gasteiger partial charge in [0.15, 0.2) is 0 Å². The van der Waals surface area contributed by atoms with Crippen LogP contribution in [0.2, 0.25) is 0 Å². The van der Waals surface area contributed by atoms with Crippen LogP contribution >= 0.6 is 0 Å². The van der Waals surface area contributed by atoms with Crippen LogP contribution in [0, 0.1) is 17.2 Å². The fraction of sp³-hybridized carbons (Fsp3) is 0.222. The largest absolute Gasteiger partial charge is 0.468 e. The predicted molar refractivity (Wildman–Crippen MR) is 117 cm³/mol. The zero-order valence-electron chi connectivity index (χ0n) is 17.3. The van der Waals surface area contributed by atoms with Crippen LogP contribution in [0.4, 0.5) is 0 Å². The molecule has 31 heavy (non-hydrogen) atoms. The number of esters is 1. The SMILES string of the molecule is COC(=O)[C@H]1C(=O)C[C@H](c2ccccc2)[C@@](C#N)(c2ccccc2)[C@@H]1c1ccccc1. The van der Waals surface area contributed by atoms with Gasteiger partial charge in [-0.15, -0.1) is 0 Å². The van der Waals surface area contributed by atoms with Crippen LogP contribution < -0.4 is 0 Å². The van der Waals surface area contributed by atoms with Gasteiger partial charge >= 0.3 is 5.97 Å². The molecular weight excluding hydrogens is 386 g/mol. The second kappa shape index (κ2) is 8.57. The van der Waals surface area contributed by atoms with Crippen molar-refractivity contribution in [2.24, 2.45) is 5.92 Å². The Hall–Kier alpha value is -3.71. The van der Waals surface area contributed by atoms with Gasteiger partial charge in [0, 0.05) is 18.3 Å². The molecule has 0 spiro atoms. The van der Waals surface area contributed by atoms with Crippen LogP contribution in [-0.2, 0) is 19.7 Å². The van der Waals surface area contributed by atoms with E-state index in [1.165, 1.54) is 7.11 Å². The highest BCUT2D eigenvalue weighted by atomic mass is 16.5. The molecule has 4 nitrogen and oxygen atoms in total. The summed E-state index contributed by atoms with van der Waals surface area (Å²) < 4.78 is 5.06. The van der Waals surface area contributed by atoms with E-state index in [0.717, 1.165) is 16.7 Å². The van der Waals surface area contributed by atoms with E-state index in [9.17, 15) is 14.9 Å². The summed E-state index contributed by atoms with van der Waals surface area (Å²) in [6.07, 6.45) is 0.0928. The zero-order chi connectivity index (χ0) is 21.8. The summed E-state index contributed by atoms with van der Waals surface area (Å²) in [6.45, 7) is 0. The van der Waals surface area contributed by atoms with E-state index in [1.54, 1.807) is 0 Å². The van der Waals surface area contributed by atoms with Gasteiger partial charge in [-0.25, -0.2) is 0 Å². The number of carbonyl (C=O) groups excluding carboxylic acids is 2. The molecule has 0 aliphatic heterocycles. The van der Waals surface area contributed by atoms with Crippen LogP contribution in [0.15, 0.2) is 91.0 Å². The van der Waals surface area contributed by atoms with Crippen molar-refractivity contribution < 1.29 is 14.3 Å². The third kappa shape index (κ3) is 3.43. The molecule has 0 amide bonds. The van der Waals surface area contributed by atoms with E-state index in [-0.39, 0.29) is 12.2 Å². The minimum Gasteiger partial charge on any atom is -0.468 e. The van der Waals surface area contributed by atoms with Gasteiger partial charge in [0.05, 0.1) is 18.6 Å². The molecule has 0 bridgehead atoms. The maximum atomic E-state index is 13.4. The van der Waals surface area contributed by atoms with Crippen molar-refractivity contribution >= 4 is 11.8 Å². The number of benzene rings is 3. The van der Waals surface area contributed by atoms with E-state index in [0.29, 0.717) is 0 Å². The maximum absolute atomic E-state index is 13.4. The molecule has 0 unspecified atom stereocenters. The molecule has 1 saturated carbocycles. The first kappa shape index (κ1) is 20.6. The highest BCUT2D eigenvalue weighted by Gasteiger charge is 2.59. The Morgan fingerprint density at radius 3 is 1.94 bits per heavy atom. The molecule has 4 atom stereocenters. The number of methoxy groups -OCH3 is 1. The van der Waals surface area contributed by atoms with Crippen molar-refractivity contribution in [3.05, 3.63) is 108 Å². The third-order valence-corrected chi connectivity index (χ3v) is 6.38. The smallest absolute Gasteiger partial charge is 0.316 e. The van der Waals surface area contributed by atoms with E-state index in [4.69, 9.17) is 4.74 Å². The lowest BCUT2D eigenvalue weighted by Gasteiger charge is -2.48. The summed E-state index contributed by atoms with van der Waals surface area (Å²) in [5, 5.41) is 10.8. The topological polar surface area (TPSA) is 67.2 Å². The Morgan fingerprint density at radius 1 is 0.903 bits per heavy atom. The van der Waals surface area contributed by atoms with Gasteiger partial charge in [0.25, 0.3) is 0 Å². The van der Waals surface area contributed by atoms with Gasteiger partial charge in [-0.05, 0) is 16.7 Å².